The standard InChI is InChI=1S/C13H20N2OS/c1-15(2)8-12-11(10-6-7-16-9-10)4-5-13(14-12)17-3/h4-5,10H,6-9H2,1-3H3/t10-/m1/s1. The lowest BCUT2D eigenvalue weighted by atomic mass is 9.97. The molecule has 0 radical (unpaired) electrons. The van der Waals surface area contributed by atoms with Gasteiger partial charge in [-0.1, -0.05) is 6.07 Å². The van der Waals surface area contributed by atoms with Gasteiger partial charge in [-0.3, -0.25) is 0 Å². The van der Waals surface area contributed by atoms with Crippen LogP contribution in [0.3, 0.4) is 0 Å². The lowest BCUT2D eigenvalue weighted by Gasteiger charge is -2.17. The smallest absolute Gasteiger partial charge is 0.0961 e. The summed E-state index contributed by atoms with van der Waals surface area (Å²) in [4.78, 5) is 6.91. The molecule has 2 rings (SSSR count). The van der Waals surface area contributed by atoms with Gasteiger partial charge in [-0.05, 0) is 38.4 Å². The Balaban J connectivity index is 2.28. The molecule has 1 atom stereocenters. The molecule has 4 heteroatoms. The number of rotatable bonds is 4. The van der Waals surface area contributed by atoms with E-state index in [1.165, 1.54) is 11.3 Å². The molecule has 0 unspecified atom stereocenters. The van der Waals surface area contributed by atoms with Crippen LogP contribution in [0, 0.1) is 0 Å². The Morgan fingerprint density at radius 3 is 2.88 bits per heavy atom. The van der Waals surface area contributed by atoms with Crippen LogP contribution >= 0.6 is 11.8 Å². The maximum absolute atomic E-state index is 5.48. The molecule has 17 heavy (non-hydrogen) atoms. The molecule has 0 N–H and O–H groups in total. The van der Waals surface area contributed by atoms with Gasteiger partial charge < -0.3 is 9.64 Å². The summed E-state index contributed by atoms with van der Waals surface area (Å²) in [6, 6.07) is 4.36. The number of hydrogen-bond donors (Lipinski definition) is 0. The quantitative estimate of drug-likeness (QED) is 0.768. The Morgan fingerprint density at radius 2 is 2.29 bits per heavy atom. The highest BCUT2D eigenvalue weighted by atomic mass is 32.2. The van der Waals surface area contributed by atoms with Gasteiger partial charge >= 0.3 is 0 Å². The fourth-order valence-corrected chi connectivity index (χ4v) is 2.59. The molecule has 1 fully saturated rings. The summed E-state index contributed by atoms with van der Waals surface area (Å²) in [5.41, 5.74) is 2.58. The summed E-state index contributed by atoms with van der Waals surface area (Å²) in [6.07, 6.45) is 3.20. The predicted octanol–water partition coefficient (Wildman–Crippen LogP) is 2.37. The number of aromatic nitrogens is 1. The van der Waals surface area contributed by atoms with E-state index in [2.05, 4.69) is 37.4 Å². The van der Waals surface area contributed by atoms with Crippen molar-refractivity contribution in [2.75, 3.05) is 33.6 Å². The topological polar surface area (TPSA) is 25.4 Å². The van der Waals surface area contributed by atoms with Gasteiger partial charge in [0.15, 0.2) is 0 Å². The van der Waals surface area contributed by atoms with Crippen LogP contribution in [0.25, 0.3) is 0 Å². The fourth-order valence-electron chi connectivity index (χ4n) is 2.18. The first-order valence-corrected chi connectivity index (χ1v) is 7.19. The maximum Gasteiger partial charge on any atom is 0.0961 e. The van der Waals surface area contributed by atoms with Gasteiger partial charge in [0.1, 0.15) is 0 Å². The van der Waals surface area contributed by atoms with Gasteiger partial charge in [0.05, 0.1) is 17.3 Å². The second kappa shape index (κ2) is 5.85. The number of thioether (sulfide) groups is 1. The number of nitrogens with zero attached hydrogens (tertiary/aromatic N) is 2. The second-order valence-electron chi connectivity index (χ2n) is 4.69. The Hall–Kier alpha value is -0.580. The molecule has 0 amide bonds. The van der Waals surface area contributed by atoms with E-state index in [1.807, 2.05) is 0 Å². The van der Waals surface area contributed by atoms with Crippen LogP contribution in [-0.4, -0.2) is 43.4 Å². The van der Waals surface area contributed by atoms with Gasteiger partial charge in [0, 0.05) is 19.1 Å². The lowest BCUT2D eigenvalue weighted by Crippen LogP contribution is -2.15. The van der Waals surface area contributed by atoms with E-state index in [0.29, 0.717) is 5.92 Å². The number of ether oxygens (including phenoxy) is 1. The van der Waals surface area contributed by atoms with Crippen LogP contribution in [-0.2, 0) is 11.3 Å². The van der Waals surface area contributed by atoms with Crippen LogP contribution in [0.5, 0.6) is 0 Å². The molecule has 0 saturated carbocycles. The van der Waals surface area contributed by atoms with E-state index in [9.17, 15) is 0 Å². The minimum absolute atomic E-state index is 0.536. The molecule has 1 aromatic heterocycles. The van der Waals surface area contributed by atoms with Crippen molar-refractivity contribution in [3.8, 4) is 0 Å². The molecule has 0 bridgehead atoms. The highest BCUT2D eigenvalue weighted by Gasteiger charge is 2.21. The second-order valence-corrected chi connectivity index (χ2v) is 5.51. The van der Waals surface area contributed by atoms with E-state index >= 15 is 0 Å². The van der Waals surface area contributed by atoms with Gasteiger partial charge in [0.2, 0.25) is 0 Å². The van der Waals surface area contributed by atoms with Crippen molar-refractivity contribution < 1.29 is 4.74 Å². The number of hydrogen-bond acceptors (Lipinski definition) is 4. The molecular formula is C13H20N2OS. The van der Waals surface area contributed by atoms with Gasteiger partial charge in [0.25, 0.3) is 0 Å². The summed E-state index contributed by atoms with van der Waals surface area (Å²) in [5.74, 6) is 0.536. The van der Waals surface area contributed by atoms with Crippen molar-refractivity contribution in [1.82, 2.24) is 9.88 Å². The van der Waals surface area contributed by atoms with Crippen LogP contribution in [0.4, 0.5) is 0 Å². The molecule has 1 aliphatic heterocycles. The average molecular weight is 252 g/mol. The summed E-state index contributed by atoms with van der Waals surface area (Å²) < 4.78 is 5.48. The van der Waals surface area contributed by atoms with Crippen LogP contribution in [0.2, 0.25) is 0 Å². The summed E-state index contributed by atoms with van der Waals surface area (Å²) in [6.45, 7) is 2.64. The monoisotopic (exact) mass is 252 g/mol. The number of pyridine rings is 1. The third kappa shape index (κ3) is 3.21. The molecule has 94 valence electrons. The van der Waals surface area contributed by atoms with E-state index in [0.717, 1.165) is 31.2 Å². The SMILES string of the molecule is CSc1ccc([C@@H]2CCOC2)c(CN(C)C)n1. The van der Waals surface area contributed by atoms with E-state index in [4.69, 9.17) is 9.72 Å². The molecule has 0 aliphatic carbocycles. The molecule has 0 aromatic carbocycles. The first kappa shape index (κ1) is 12.9. The zero-order valence-electron chi connectivity index (χ0n) is 10.8. The van der Waals surface area contributed by atoms with Crippen LogP contribution < -0.4 is 0 Å². The molecule has 0 spiro atoms. The van der Waals surface area contributed by atoms with Crippen molar-refractivity contribution in [2.24, 2.45) is 0 Å². The van der Waals surface area contributed by atoms with Crippen molar-refractivity contribution >= 4 is 11.8 Å². The first-order chi connectivity index (χ1) is 8.20. The van der Waals surface area contributed by atoms with Crippen molar-refractivity contribution in [3.05, 3.63) is 23.4 Å². The average Bonchev–Trinajstić information content (AvgIpc) is 2.81. The van der Waals surface area contributed by atoms with Gasteiger partial charge in [-0.2, -0.15) is 0 Å². The summed E-state index contributed by atoms with van der Waals surface area (Å²) in [5, 5.41) is 1.10. The third-order valence-electron chi connectivity index (χ3n) is 3.03. The molecule has 1 aromatic rings. The summed E-state index contributed by atoms with van der Waals surface area (Å²) >= 11 is 1.70. The zero-order chi connectivity index (χ0) is 12.3. The third-order valence-corrected chi connectivity index (χ3v) is 3.67. The van der Waals surface area contributed by atoms with E-state index in [1.54, 1.807) is 11.8 Å². The minimum atomic E-state index is 0.536. The van der Waals surface area contributed by atoms with Gasteiger partial charge in [-0.25, -0.2) is 4.98 Å². The van der Waals surface area contributed by atoms with Crippen LogP contribution in [0.15, 0.2) is 17.2 Å². The fraction of sp³-hybridized carbons (Fsp3) is 0.615. The molecule has 1 saturated heterocycles. The van der Waals surface area contributed by atoms with Crippen molar-refractivity contribution in [1.29, 1.82) is 0 Å². The van der Waals surface area contributed by atoms with Crippen LogP contribution in [0.1, 0.15) is 23.6 Å². The Bertz CT molecular complexity index is 376. The van der Waals surface area contributed by atoms with Gasteiger partial charge in [-0.15, -0.1) is 11.8 Å². The Morgan fingerprint density at radius 1 is 1.47 bits per heavy atom. The lowest BCUT2D eigenvalue weighted by molar-refractivity contribution is 0.193. The maximum atomic E-state index is 5.48. The highest BCUT2D eigenvalue weighted by molar-refractivity contribution is 7.98. The first-order valence-electron chi connectivity index (χ1n) is 5.97. The predicted molar refractivity (Wildman–Crippen MR) is 71.6 cm³/mol. The molecule has 3 nitrogen and oxygen atoms in total. The normalized spacial score (nSPS) is 20.1. The van der Waals surface area contributed by atoms with E-state index < -0.39 is 0 Å². The molecule has 1 aliphatic rings. The van der Waals surface area contributed by atoms with Crippen molar-refractivity contribution in [2.45, 2.75) is 23.9 Å². The Labute approximate surface area is 108 Å². The largest absolute Gasteiger partial charge is 0.381 e. The zero-order valence-corrected chi connectivity index (χ0v) is 11.6. The highest BCUT2D eigenvalue weighted by Crippen LogP contribution is 2.29. The molecule has 2 heterocycles. The summed E-state index contributed by atoms with van der Waals surface area (Å²) in [7, 11) is 4.17. The molecular weight excluding hydrogens is 232 g/mol. The van der Waals surface area contributed by atoms with Crippen molar-refractivity contribution in [3.63, 3.8) is 0 Å². The Kier molecular flexibility index (Phi) is 4.42. The van der Waals surface area contributed by atoms with E-state index in [-0.39, 0.29) is 0 Å². The minimum Gasteiger partial charge on any atom is -0.381 e.